The van der Waals surface area contributed by atoms with Crippen LogP contribution in [0.15, 0.2) is 42.5 Å². The molecular formula is C24H31N3O4. The van der Waals surface area contributed by atoms with E-state index in [9.17, 15) is 9.59 Å². The highest BCUT2D eigenvalue weighted by atomic mass is 16.5. The molecule has 2 N–H and O–H groups in total. The van der Waals surface area contributed by atoms with Gasteiger partial charge in [0.2, 0.25) is 5.91 Å². The van der Waals surface area contributed by atoms with Crippen molar-refractivity contribution in [2.24, 2.45) is 0 Å². The van der Waals surface area contributed by atoms with Gasteiger partial charge in [0, 0.05) is 6.54 Å². The fourth-order valence-corrected chi connectivity index (χ4v) is 3.61. The van der Waals surface area contributed by atoms with Gasteiger partial charge in [-0.2, -0.15) is 0 Å². The summed E-state index contributed by atoms with van der Waals surface area (Å²) in [5.74, 6) is 1.10. The first-order valence-corrected chi connectivity index (χ1v) is 10.7. The number of hydrogen-bond donors (Lipinski definition) is 2. The molecule has 2 amide bonds. The number of ether oxygens (including phenoxy) is 2. The van der Waals surface area contributed by atoms with Crippen molar-refractivity contribution >= 4 is 23.2 Å². The van der Waals surface area contributed by atoms with Crippen LogP contribution in [0.1, 0.15) is 33.3 Å². The molecule has 7 nitrogen and oxygen atoms in total. The fourth-order valence-electron chi connectivity index (χ4n) is 3.61. The Kier molecular flexibility index (Phi) is 7.05. The van der Waals surface area contributed by atoms with E-state index in [1.807, 2.05) is 70.2 Å². The molecule has 0 saturated heterocycles. The number of anilines is 2. The predicted octanol–water partition coefficient (Wildman–Crippen LogP) is 3.38. The van der Waals surface area contributed by atoms with E-state index in [-0.39, 0.29) is 18.4 Å². The largest absolute Gasteiger partial charge is 0.490 e. The van der Waals surface area contributed by atoms with Gasteiger partial charge < -0.3 is 20.1 Å². The third kappa shape index (κ3) is 5.29. The first-order valence-electron chi connectivity index (χ1n) is 10.7. The summed E-state index contributed by atoms with van der Waals surface area (Å²) in [6, 6.07) is 13.3. The lowest BCUT2D eigenvalue weighted by Crippen LogP contribution is -2.56. The minimum atomic E-state index is -0.771. The van der Waals surface area contributed by atoms with Crippen molar-refractivity contribution in [1.29, 1.82) is 0 Å². The maximum absolute atomic E-state index is 12.9. The molecule has 1 aliphatic rings. The molecule has 166 valence electrons. The fraction of sp³-hybridized carbons (Fsp3) is 0.417. The standard InChI is InChI=1S/C24H31N3O4/c1-5-30-20-12-11-17(15-21(20)31-6-2)13-14-25-22(28)16-27-19-10-8-7-9-18(19)26-24(3,4)23(27)29/h7-12,15,26H,5-6,13-14,16H2,1-4H3,(H,25,28). The molecule has 0 aliphatic carbocycles. The van der Waals surface area contributed by atoms with Gasteiger partial charge in [-0.3, -0.25) is 14.5 Å². The highest BCUT2D eigenvalue weighted by molar-refractivity contribution is 6.09. The second-order valence-corrected chi connectivity index (χ2v) is 7.91. The van der Waals surface area contributed by atoms with Crippen LogP contribution in [-0.2, 0) is 16.0 Å². The van der Waals surface area contributed by atoms with Gasteiger partial charge in [-0.15, -0.1) is 0 Å². The number of carbonyl (C=O) groups is 2. The molecule has 2 aromatic carbocycles. The minimum Gasteiger partial charge on any atom is -0.490 e. The average Bonchev–Trinajstić information content (AvgIpc) is 2.73. The van der Waals surface area contributed by atoms with Crippen molar-refractivity contribution in [3.05, 3.63) is 48.0 Å². The molecule has 1 aliphatic heterocycles. The molecule has 0 fully saturated rings. The molecule has 0 atom stereocenters. The predicted molar refractivity (Wildman–Crippen MR) is 122 cm³/mol. The van der Waals surface area contributed by atoms with Crippen LogP contribution in [-0.4, -0.2) is 43.7 Å². The topological polar surface area (TPSA) is 79.9 Å². The molecule has 1 heterocycles. The Morgan fingerprint density at radius 3 is 2.52 bits per heavy atom. The summed E-state index contributed by atoms with van der Waals surface area (Å²) in [6.07, 6.45) is 0.649. The SMILES string of the molecule is CCOc1ccc(CCNC(=O)CN2C(=O)C(C)(C)Nc3ccccc32)cc1OCC. The highest BCUT2D eigenvalue weighted by Crippen LogP contribution is 2.34. The van der Waals surface area contributed by atoms with E-state index in [2.05, 4.69) is 10.6 Å². The zero-order valence-electron chi connectivity index (χ0n) is 18.7. The third-order valence-corrected chi connectivity index (χ3v) is 5.07. The minimum absolute atomic E-state index is 0.0194. The third-order valence-electron chi connectivity index (χ3n) is 5.07. The summed E-state index contributed by atoms with van der Waals surface area (Å²) >= 11 is 0. The number of nitrogens with one attached hydrogen (secondary N) is 2. The number of fused-ring (bicyclic) bond motifs is 1. The summed E-state index contributed by atoms with van der Waals surface area (Å²) < 4.78 is 11.3. The Bertz CT molecular complexity index is 942. The van der Waals surface area contributed by atoms with E-state index in [0.29, 0.717) is 31.9 Å². The second-order valence-electron chi connectivity index (χ2n) is 7.91. The molecule has 2 aromatic rings. The van der Waals surface area contributed by atoms with Crippen LogP contribution in [0.4, 0.5) is 11.4 Å². The lowest BCUT2D eigenvalue weighted by molar-refractivity contribution is -0.125. The van der Waals surface area contributed by atoms with Crippen LogP contribution in [0.2, 0.25) is 0 Å². The van der Waals surface area contributed by atoms with E-state index >= 15 is 0 Å². The van der Waals surface area contributed by atoms with Gasteiger partial charge in [0.05, 0.1) is 24.6 Å². The van der Waals surface area contributed by atoms with Crippen molar-refractivity contribution in [2.45, 2.75) is 39.7 Å². The first-order chi connectivity index (χ1) is 14.9. The molecule has 31 heavy (non-hydrogen) atoms. The van der Waals surface area contributed by atoms with Crippen molar-refractivity contribution < 1.29 is 19.1 Å². The number of benzene rings is 2. The number of para-hydroxylation sites is 2. The van der Waals surface area contributed by atoms with Crippen molar-refractivity contribution in [1.82, 2.24) is 5.32 Å². The van der Waals surface area contributed by atoms with Crippen molar-refractivity contribution in [2.75, 3.05) is 36.5 Å². The van der Waals surface area contributed by atoms with Crippen LogP contribution in [0, 0.1) is 0 Å². The summed E-state index contributed by atoms with van der Waals surface area (Å²) in [5, 5.41) is 6.16. The van der Waals surface area contributed by atoms with Gasteiger partial charge in [0.25, 0.3) is 5.91 Å². The van der Waals surface area contributed by atoms with Crippen LogP contribution < -0.4 is 25.0 Å². The van der Waals surface area contributed by atoms with Crippen molar-refractivity contribution in [3.8, 4) is 11.5 Å². The molecule has 0 bridgehead atoms. The maximum atomic E-state index is 12.9. The number of hydrogen-bond acceptors (Lipinski definition) is 5. The summed E-state index contributed by atoms with van der Waals surface area (Å²) in [6.45, 7) is 9.06. The van der Waals surface area contributed by atoms with Crippen molar-refractivity contribution in [3.63, 3.8) is 0 Å². The number of rotatable bonds is 9. The molecule has 0 radical (unpaired) electrons. The van der Waals surface area contributed by atoms with E-state index in [1.54, 1.807) is 4.90 Å². The maximum Gasteiger partial charge on any atom is 0.252 e. The molecular weight excluding hydrogens is 394 g/mol. The van der Waals surface area contributed by atoms with Crippen LogP contribution in [0.3, 0.4) is 0 Å². The molecule has 0 saturated carbocycles. The van der Waals surface area contributed by atoms with E-state index < -0.39 is 5.54 Å². The molecule has 0 aromatic heterocycles. The van der Waals surface area contributed by atoms with Gasteiger partial charge in [0.15, 0.2) is 11.5 Å². The summed E-state index contributed by atoms with van der Waals surface area (Å²) in [4.78, 5) is 27.0. The first kappa shape index (κ1) is 22.5. The van der Waals surface area contributed by atoms with Crippen LogP contribution in [0.5, 0.6) is 11.5 Å². The molecule has 3 rings (SSSR count). The van der Waals surface area contributed by atoms with Gasteiger partial charge in [0.1, 0.15) is 12.1 Å². The zero-order chi connectivity index (χ0) is 22.4. The Morgan fingerprint density at radius 2 is 1.77 bits per heavy atom. The van der Waals surface area contributed by atoms with Gasteiger partial charge >= 0.3 is 0 Å². The molecule has 0 unspecified atom stereocenters. The average molecular weight is 426 g/mol. The quantitative estimate of drug-likeness (QED) is 0.644. The normalized spacial score (nSPS) is 14.5. The van der Waals surface area contributed by atoms with Gasteiger partial charge in [-0.1, -0.05) is 18.2 Å². The second kappa shape index (κ2) is 9.73. The summed E-state index contributed by atoms with van der Waals surface area (Å²) in [5.41, 5.74) is 1.83. The summed E-state index contributed by atoms with van der Waals surface area (Å²) in [7, 11) is 0. The lowest BCUT2D eigenvalue weighted by Gasteiger charge is -2.39. The Labute approximate surface area is 183 Å². The Balaban J connectivity index is 1.61. The smallest absolute Gasteiger partial charge is 0.252 e. The van der Waals surface area contributed by atoms with Gasteiger partial charge in [-0.05, 0) is 63.9 Å². The zero-order valence-corrected chi connectivity index (χ0v) is 18.7. The van der Waals surface area contributed by atoms with Crippen LogP contribution >= 0.6 is 0 Å². The Hall–Kier alpha value is -3.22. The lowest BCUT2D eigenvalue weighted by atomic mass is 9.98. The number of amides is 2. The monoisotopic (exact) mass is 425 g/mol. The van der Waals surface area contributed by atoms with Crippen LogP contribution in [0.25, 0.3) is 0 Å². The molecule has 0 spiro atoms. The Morgan fingerprint density at radius 1 is 1.06 bits per heavy atom. The highest BCUT2D eigenvalue weighted by Gasteiger charge is 2.39. The molecule has 7 heteroatoms. The van der Waals surface area contributed by atoms with Gasteiger partial charge in [-0.25, -0.2) is 0 Å². The number of carbonyl (C=O) groups excluding carboxylic acids is 2. The van der Waals surface area contributed by atoms with E-state index in [0.717, 1.165) is 22.7 Å². The van der Waals surface area contributed by atoms with E-state index in [1.165, 1.54) is 0 Å². The number of nitrogens with zero attached hydrogens (tertiary/aromatic N) is 1. The van der Waals surface area contributed by atoms with E-state index in [4.69, 9.17) is 9.47 Å².